The lowest BCUT2D eigenvalue weighted by molar-refractivity contribution is -0.137. The van der Waals surface area contributed by atoms with E-state index in [0.717, 1.165) is 31.3 Å². The molecule has 0 aromatic heterocycles. The van der Waals surface area contributed by atoms with Gasteiger partial charge >= 0.3 is 6.18 Å². The normalized spacial score (nSPS) is 19.6. The van der Waals surface area contributed by atoms with E-state index in [1.54, 1.807) is 37.4 Å². The minimum Gasteiger partial charge on any atom is -0.497 e. The van der Waals surface area contributed by atoms with E-state index >= 15 is 0 Å². The van der Waals surface area contributed by atoms with Crippen LogP contribution in [0.5, 0.6) is 5.75 Å². The minimum atomic E-state index is -4.43. The topological polar surface area (TPSA) is 44.8 Å². The summed E-state index contributed by atoms with van der Waals surface area (Å²) >= 11 is 0. The van der Waals surface area contributed by atoms with Crippen LogP contribution in [0.4, 0.5) is 24.5 Å². The second-order valence-electron chi connectivity index (χ2n) is 9.67. The lowest BCUT2D eigenvalue weighted by atomic mass is 9.82. The van der Waals surface area contributed by atoms with Crippen molar-refractivity contribution in [1.82, 2.24) is 4.90 Å². The first kappa shape index (κ1) is 25.1. The van der Waals surface area contributed by atoms with Crippen LogP contribution in [0, 0.1) is 5.92 Å². The number of alkyl halides is 3. The van der Waals surface area contributed by atoms with Crippen LogP contribution < -0.4 is 15.0 Å². The average Bonchev–Trinajstić information content (AvgIpc) is 2.91. The van der Waals surface area contributed by atoms with Crippen molar-refractivity contribution in [2.24, 2.45) is 5.92 Å². The molecule has 3 aromatic rings. The summed E-state index contributed by atoms with van der Waals surface area (Å²) in [6.07, 6.45) is -3.26. The number of methoxy groups -OCH3 is 1. The second kappa shape index (κ2) is 10.5. The Balaban J connectivity index is 1.39. The van der Waals surface area contributed by atoms with Crippen molar-refractivity contribution >= 4 is 17.3 Å². The Kier molecular flexibility index (Phi) is 7.11. The molecule has 1 saturated heterocycles. The molecule has 3 aromatic carbocycles. The highest BCUT2D eigenvalue weighted by atomic mass is 19.4. The third-order valence-electron chi connectivity index (χ3n) is 7.38. The Morgan fingerprint density at radius 2 is 1.78 bits per heavy atom. The van der Waals surface area contributed by atoms with Crippen molar-refractivity contribution in [2.45, 2.75) is 25.1 Å². The summed E-state index contributed by atoms with van der Waals surface area (Å²) in [7, 11) is 1.57. The first-order chi connectivity index (χ1) is 17.8. The summed E-state index contributed by atoms with van der Waals surface area (Å²) in [4.78, 5) is 18.0. The molecule has 37 heavy (non-hydrogen) atoms. The monoisotopic (exact) mass is 509 g/mol. The van der Waals surface area contributed by atoms with Gasteiger partial charge in [-0.3, -0.25) is 9.69 Å². The molecule has 1 N–H and O–H groups in total. The lowest BCUT2D eigenvalue weighted by Crippen LogP contribution is -2.60. The fourth-order valence-electron chi connectivity index (χ4n) is 5.40. The molecule has 1 fully saturated rings. The fourth-order valence-corrected chi connectivity index (χ4v) is 5.40. The summed E-state index contributed by atoms with van der Waals surface area (Å²) < 4.78 is 45.6. The van der Waals surface area contributed by atoms with E-state index in [4.69, 9.17) is 4.74 Å². The van der Waals surface area contributed by atoms with Crippen LogP contribution in [0.15, 0.2) is 72.8 Å². The van der Waals surface area contributed by atoms with Gasteiger partial charge in [-0.1, -0.05) is 30.3 Å². The van der Waals surface area contributed by atoms with Crippen LogP contribution >= 0.6 is 0 Å². The number of hydrogen-bond donors (Lipinski definition) is 1. The number of nitrogens with zero attached hydrogens (tertiary/aromatic N) is 2. The highest BCUT2D eigenvalue weighted by molar-refractivity contribution is 5.94. The summed E-state index contributed by atoms with van der Waals surface area (Å²) in [5, 5.41) is 2.98. The van der Waals surface area contributed by atoms with Gasteiger partial charge in [0.25, 0.3) is 0 Å². The maximum Gasteiger partial charge on any atom is 0.416 e. The van der Waals surface area contributed by atoms with Crippen LogP contribution in [-0.2, 0) is 23.8 Å². The van der Waals surface area contributed by atoms with E-state index in [1.807, 2.05) is 18.2 Å². The van der Waals surface area contributed by atoms with Crippen molar-refractivity contribution < 1.29 is 22.7 Å². The number of halogens is 3. The maximum absolute atomic E-state index is 13.5. The van der Waals surface area contributed by atoms with Crippen LogP contribution in [0.25, 0.3) is 0 Å². The molecule has 0 radical (unpaired) electrons. The van der Waals surface area contributed by atoms with Crippen LogP contribution in [0.3, 0.4) is 0 Å². The van der Waals surface area contributed by atoms with Crippen molar-refractivity contribution in [3.05, 3.63) is 89.5 Å². The van der Waals surface area contributed by atoms with Crippen LogP contribution in [0.1, 0.15) is 16.7 Å². The van der Waals surface area contributed by atoms with Gasteiger partial charge in [0.2, 0.25) is 5.91 Å². The van der Waals surface area contributed by atoms with Gasteiger partial charge in [-0.2, -0.15) is 13.2 Å². The molecule has 2 aliphatic heterocycles. The zero-order chi connectivity index (χ0) is 26.0. The van der Waals surface area contributed by atoms with Crippen LogP contribution in [0.2, 0.25) is 0 Å². The SMILES string of the molecule is COc1ccc(NC(=O)[C@H]2Cc3cc(C(F)(F)F)ccc3N3CCN(CCc4ccccc4)C[C@@H]23)cc1. The van der Waals surface area contributed by atoms with Gasteiger partial charge in [-0.15, -0.1) is 0 Å². The summed E-state index contributed by atoms with van der Waals surface area (Å²) in [5.74, 6) is 0.00235. The van der Waals surface area contributed by atoms with Gasteiger partial charge in [0.1, 0.15) is 5.75 Å². The molecule has 1 amide bonds. The predicted octanol–water partition coefficient (Wildman–Crippen LogP) is 5.26. The lowest BCUT2D eigenvalue weighted by Gasteiger charge is -2.49. The number of piperazine rings is 1. The molecule has 194 valence electrons. The molecule has 0 aliphatic carbocycles. The third-order valence-corrected chi connectivity index (χ3v) is 7.38. The highest BCUT2D eigenvalue weighted by Gasteiger charge is 2.42. The van der Waals surface area contributed by atoms with E-state index in [0.29, 0.717) is 30.1 Å². The zero-order valence-corrected chi connectivity index (χ0v) is 20.7. The third kappa shape index (κ3) is 5.59. The summed E-state index contributed by atoms with van der Waals surface area (Å²) in [5.41, 5.74) is 2.57. The Labute approximate surface area is 214 Å². The number of amides is 1. The standard InChI is InChI=1S/C29H30F3N3O2/c1-37-24-10-8-23(9-11-24)33-28(36)25-18-21-17-22(29(30,31)32)7-12-26(21)35-16-15-34(19-27(25)35)14-13-20-5-3-2-4-6-20/h2-12,17,25,27H,13-16,18-19H2,1H3,(H,33,36)/t25-,27-/m0/s1. The van der Waals surface area contributed by atoms with Gasteiger partial charge in [0, 0.05) is 37.6 Å². The Morgan fingerprint density at radius 1 is 1.03 bits per heavy atom. The van der Waals surface area contributed by atoms with Gasteiger partial charge < -0.3 is 15.0 Å². The molecule has 2 heterocycles. The number of hydrogen-bond acceptors (Lipinski definition) is 4. The number of carbonyl (C=O) groups excluding carboxylic acids is 1. The molecular weight excluding hydrogens is 479 g/mol. The number of ether oxygens (including phenoxy) is 1. The molecule has 0 bridgehead atoms. The quantitative estimate of drug-likeness (QED) is 0.493. The molecule has 0 spiro atoms. The minimum absolute atomic E-state index is 0.132. The Hall–Kier alpha value is -3.52. The predicted molar refractivity (Wildman–Crippen MR) is 138 cm³/mol. The number of anilines is 2. The zero-order valence-electron chi connectivity index (χ0n) is 20.7. The van der Waals surface area contributed by atoms with Gasteiger partial charge in [-0.05, 0) is 66.4 Å². The van der Waals surface area contributed by atoms with E-state index < -0.39 is 17.7 Å². The number of benzene rings is 3. The van der Waals surface area contributed by atoms with E-state index in [1.165, 1.54) is 11.6 Å². The Morgan fingerprint density at radius 3 is 2.49 bits per heavy atom. The first-order valence-corrected chi connectivity index (χ1v) is 12.5. The molecule has 2 atom stereocenters. The van der Waals surface area contributed by atoms with Crippen molar-refractivity contribution in [2.75, 3.05) is 43.5 Å². The molecule has 2 aliphatic rings. The van der Waals surface area contributed by atoms with Crippen LogP contribution in [-0.4, -0.2) is 50.1 Å². The van der Waals surface area contributed by atoms with Crippen molar-refractivity contribution in [3.63, 3.8) is 0 Å². The van der Waals surface area contributed by atoms with E-state index in [-0.39, 0.29) is 18.4 Å². The Bertz CT molecular complexity index is 1230. The van der Waals surface area contributed by atoms with E-state index in [9.17, 15) is 18.0 Å². The number of rotatable bonds is 6. The number of fused-ring (bicyclic) bond motifs is 3. The maximum atomic E-state index is 13.5. The molecule has 8 heteroatoms. The number of carbonyl (C=O) groups is 1. The molecule has 5 rings (SSSR count). The summed E-state index contributed by atoms with van der Waals surface area (Å²) in [6.45, 7) is 2.98. The van der Waals surface area contributed by atoms with Crippen molar-refractivity contribution in [3.8, 4) is 5.75 Å². The molecule has 5 nitrogen and oxygen atoms in total. The highest BCUT2D eigenvalue weighted by Crippen LogP contribution is 2.40. The largest absolute Gasteiger partial charge is 0.497 e. The average molecular weight is 510 g/mol. The summed E-state index contributed by atoms with van der Waals surface area (Å²) in [6, 6.07) is 21.1. The van der Waals surface area contributed by atoms with Crippen molar-refractivity contribution in [1.29, 1.82) is 0 Å². The molecule has 0 unspecified atom stereocenters. The first-order valence-electron chi connectivity index (χ1n) is 12.5. The van der Waals surface area contributed by atoms with Gasteiger partial charge in [0.15, 0.2) is 0 Å². The van der Waals surface area contributed by atoms with Gasteiger partial charge in [0.05, 0.1) is 24.6 Å². The molecular formula is C29H30F3N3O2. The van der Waals surface area contributed by atoms with E-state index in [2.05, 4.69) is 27.2 Å². The smallest absolute Gasteiger partial charge is 0.416 e. The van der Waals surface area contributed by atoms with Gasteiger partial charge in [-0.25, -0.2) is 0 Å². The fraction of sp³-hybridized carbons (Fsp3) is 0.345. The number of nitrogens with one attached hydrogen (secondary N) is 1. The molecule has 0 saturated carbocycles. The second-order valence-corrected chi connectivity index (χ2v) is 9.67.